The van der Waals surface area contributed by atoms with E-state index in [1.807, 2.05) is 72.0 Å². The molecular formula is C37H23N3S. The van der Waals surface area contributed by atoms with Crippen molar-refractivity contribution in [3.05, 3.63) is 140 Å². The molecule has 0 N–H and O–H groups in total. The lowest BCUT2D eigenvalue weighted by Gasteiger charge is -2.10. The van der Waals surface area contributed by atoms with E-state index in [2.05, 4.69) is 78.9 Å². The minimum Gasteiger partial charge on any atom is -0.208 e. The fourth-order valence-corrected chi connectivity index (χ4v) is 6.68. The maximum atomic E-state index is 4.95. The fourth-order valence-electron chi connectivity index (χ4n) is 5.52. The SMILES string of the molecule is c1ccc(-c2nc(-c3ccccc3)nc(-c3cccc(-c4cccc5sc6cc7ccccc7cc6c45)c3)n2)cc1. The second kappa shape index (κ2) is 9.77. The van der Waals surface area contributed by atoms with Crippen LogP contribution < -0.4 is 0 Å². The summed E-state index contributed by atoms with van der Waals surface area (Å²) in [7, 11) is 0. The van der Waals surface area contributed by atoms with Crippen LogP contribution in [0.3, 0.4) is 0 Å². The van der Waals surface area contributed by atoms with Gasteiger partial charge in [0.05, 0.1) is 0 Å². The Balaban J connectivity index is 1.31. The fraction of sp³-hybridized carbons (Fsp3) is 0. The molecule has 8 rings (SSSR count). The first-order chi connectivity index (χ1) is 20.3. The first kappa shape index (κ1) is 23.7. The van der Waals surface area contributed by atoms with Crippen molar-refractivity contribution in [2.24, 2.45) is 0 Å². The van der Waals surface area contributed by atoms with Gasteiger partial charge >= 0.3 is 0 Å². The number of rotatable bonds is 4. The molecule has 0 saturated heterocycles. The van der Waals surface area contributed by atoms with Crippen molar-refractivity contribution in [3.63, 3.8) is 0 Å². The van der Waals surface area contributed by atoms with Crippen LogP contribution in [0.5, 0.6) is 0 Å². The number of nitrogens with zero attached hydrogens (tertiary/aromatic N) is 3. The van der Waals surface area contributed by atoms with Gasteiger partial charge in [0, 0.05) is 36.9 Å². The first-order valence-electron chi connectivity index (χ1n) is 13.6. The molecule has 0 aliphatic heterocycles. The van der Waals surface area contributed by atoms with Crippen LogP contribution in [0.2, 0.25) is 0 Å². The van der Waals surface area contributed by atoms with Crippen LogP contribution in [0, 0.1) is 0 Å². The van der Waals surface area contributed by atoms with Crippen LogP contribution in [0.15, 0.2) is 140 Å². The normalized spacial score (nSPS) is 11.4. The molecular weight excluding hydrogens is 518 g/mol. The van der Waals surface area contributed by atoms with Gasteiger partial charge in [-0.25, -0.2) is 15.0 Å². The maximum absolute atomic E-state index is 4.95. The number of hydrogen-bond donors (Lipinski definition) is 0. The lowest BCUT2D eigenvalue weighted by molar-refractivity contribution is 1.07. The Morgan fingerprint density at radius 3 is 1.61 bits per heavy atom. The lowest BCUT2D eigenvalue weighted by atomic mass is 9.97. The summed E-state index contributed by atoms with van der Waals surface area (Å²) in [5, 5.41) is 5.12. The summed E-state index contributed by atoms with van der Waals surface area (Å²) >= 11 is 1.85. The van der Waals surface area contributed by atoms with E-state index in [1.165, 1.54) is 36.5 Å². The predicted octanol–water partition coefficient (Wildman–Crippen LogP) is 10.1. The van der Waals surface area contributed by atoms with Gasteiger partial charge in [-0.2, -0.15) is 0 Å². The van der Waals surface area contributed by atoms with Gasteiger partial charge in [-0.15, -0.1) is 11.3 Å². The molecule has 0 bridgehead atoms. The molecule has 192 valence electrons. The highest BCUT2D eigenvalue weighted by atomic mass is 32.1. The summed E-state index contributed by atoms with van der Waals surface area (Å²) in [6, 6.07) is 48.6. The van der Waals surface area contributed by atoms with Crippen molar-refractivity contribution < 1.29 is 0 Å². The highest BCUT2D eigenvalue weighted by Gasteiger charge is 2.15. The third kappa shape index (κ3) is 4.26. The summed E-state index contributed by atoms with van der Waals surface area (Å²) in [5.74, 6) is 1.99. The zero-order valence-electron chi connectivity index (χ0n) is 22.0. The number of benzene rings is 6. The van der Waals surface area contributed by atoms with Gasteiger partial charge in [-0.05, 0) is 46.2 Å². The second-order valence-electron chi connectivity index (χ2n) is 10.1. The Kier molecular flexibility index (Phi) is 5.64. The van der Waals surface area contributed by atoms with E-state index >= 15 is 0 Å². The Morgan fingerprint density at radius 2 is 0.927 bits per heavy atom. The summed E-state index contributed by atoms with van der Waals surface area (Å²) in [6.45, 7) is 0. The molecule has 8 aromatic rings. The molecule has 0 aliphatic rings. The smallest absolute Gasteiger partial charge is 0.164 e. The molecule has 4 heteroatoms. The zero-order valence-corrected chi connectivity index (χ0v) is 22.8. The Bertz CT molecular complexity index is 2140. The lowest BCUT2D eigenvalue weighted by Crippen LogP contribution is -2.00. The molecule has 0 fully saturated rings. The van der Waals surface area contributed by atoms with Gasteiger partial charge in [0.25, 0.3) is 0 Å². The average molecular weight is 542 g/mol. The molecule has 0 atom stereocenters. The standard InChI is InChI=1S/C37H23N3S/c1-3-11-24(12-4-1)35-38-36(25-13-5-2-6-14-25)40-37(39-35)29-18-9-17-28(21-29)30-19-10-20-32-34(30)31-22-26-15-7-8-16-27(26)23-33(31)41-32/h1-23H. The predicted molar refractivity (Wildman–Crippen MR) is 172 cm³/mol. The van der Waals surface area contributed by atoms with E-state index in [9.17, 15) is 0 Å². The molecule has 2 heterocycles. The third-order valence-electron chi connectivity index (χ3n) is 7.49. The number of fused-ring (bicyclic) bond motifs is 4. The van der Waals surface area contributed by atoms with Crippen LogP contribution in [0.25, 0.3) is 76.2 Å². The van der Waals surface area contributed by atoms with Crippen molar-refractivity contribution in [2.45, 2.75) is 0 Å². The highest BCUT2D eigenvalue weighted by Crippen LogP contribution is 2.42. The highest BCUT2D eigenvalue weighted by molar-refractivity contribution is 7.26. The Labute approximate surface area is 241 Å². The van der Waals surface area contributed by atoms with Gasteiger partial charge in [0.15, 0.2) is 17.5 Å². The molecule has 2 aromatic heterocycles. The quantitative estimate of drug-likeness (QED) is 0.222. The van der Waals surface area contributed by atoms with E-state index in [1.54, 1.807) is 0 Å². The minimum atomic E-state index is 0.660. The van der Waals surface area contributed by atoms with Crippen molar-refractivity contribution in [1.29, 1.82) is 0 Å². The number of hydrogen-bond acceptors (Lipinski definition) is 4. The van der Waals surface area contributed by atoms with E-state index in [0.717, 1.165) is 22.3 Å². The largest absolute Gasteiger partial charge is 0.208 e. The van der Waals surface area contributed by atoms with E-state index in [4.69, 9.17) is 15.0 Å². The third-order valence-corrected chi connectivity index (χ3v) is 8.61. The van der Waals surface area contributed by atoms with Gasteiger partial charge < -0.3 is 0 Å². The van der Waals surface area contributed by atoms with Gasteiger partial charge in [-0.3, -0.25) is 0 Å². The summed E-state index contributed by atoms with van der Waals surface area (Å²) in [4.78, 5) is 14.8. The topological polar surface area (TPSA) is 38.7 Å². The Hall–Kier alpha value is -5.19. The minimum absolute atomic E-state index is 0.660. The van der Waals surface area contributed by atoms with Crippen LogP contribution in [0.4, 0.5) is 0 Å². The molecule has 0 spiro atoms. The van der Waals surface area contributed by atoms with Gasteiger partial charge in [-0.1, -0.05) is 115 Å². The molecule has 0 unspecified atom stereocenters. The molecule has 6 aromatic carbocycles. The second-order valence-corrected chi connectivity index (χ2v) is 11.2. The molecule has 0 saturated carbocycles. The van der Waals surface area contributed by atoms with Crippen LogP contribution in [0.1, 0.15) is 0 Å². The zero-order chi connectivity index (χ0) is 27.2. The van der Waals surface area contributed by atoms with Crippen molar-refractivity contribution in [2.75, 3.05) is 0 Å². The molecule has 0 radical (unpaired) electrons. The van der Waals surface area contributed by atoms with Crippen LogP contribution in [-0.2, 0) is 0 Å². The Morgan fingerprint density at radius 1 is 0.390 bits per heavy atom. The number of aromatic nitrogens is 3. The first-order valence-corrected chi connectivity index (χ1v) is 14.4. The van der Waals surface area contributed by atoms with Crippen molar-refractivity contribution in [3.8, 4) is 45.3 Å². The molecule has 3 nitrogen and oxygen atoms in total. The molecule has 0 aliphatic carbocycles. The van der Waals surface area contributed by atoms with E-state index < -0.39 is 0 Å². The molecule has 0 amide bonds. The van der Waals surface area contributed by atoms with E-state index in [0.29, 0.717) is 17.5 Å². The monoisotopic (exact) mass is 541 g/mol. The molecule has 41 heavy (non-hydrogen) atoms. The van der Waals surface area contributed by atoms with E-state index in [-0.39, 0.29) is 0 Å². The van der Waals surface area contributed by atoms with Gasteiger partial charge in [0.1, 0.15) is 0 Å². The number of thiophene rings is 1. The summed E-state index contributed by atoms with van der Waals surface area (Å²) in [6.07, 6.45) is 0. The van der Waals surface area contributed by atoms with Crippen LogP contribution >= 0.6 is 11.3 Å². The van der Waals surface area contributed by atoms with Crippen LogP contribution in [-0.4, -0.2) is 15.0 Å². The van der Waals surface area contributed by atoms with Crippen molar-refractivity contribution in [1.82, 2.24) is 15.0 Å². The maximum Gasteiger partial charge on any atom is 0.164 e. The van der Waals surface area contributed by atoms with Crippen molar-refractivity contribution >= 4 is 42.3 Å². The summed E-state index contributed by atoms with van der Waals surface area (Å²) in [5.41, 5.74) is 5.24. The van der Waals surface area contributed by atoms with Gasteiger partial charge in [0.2, 0.25) is 0 Å². The average Bonchev–Trinajstić information content (AvgIpc) is 3.42. The summed E-state index contributed by atoms with van der Waals surface area (Å²) < 4.78 is 2.59.